The number of rotatable bonds is 4. The van der Waals surface area contributed by atoms with Crippen LogP contribution < -0.4 is 0 Å². The molecule has 0 saturated carbocycles. The summed E-state index contributed by atoms with van der Waals surface area (Å²) in [6.45, 7) is 0. The Balaban J connectivity index is 2.14. The molecule has 0 unspecified atom stereocenters. The molecule has 2 rings (SSSR count). The predicted octanol–water partition coefficient (Wildman–Crippen LogP) is 2.30. The summed E-state index contributed by atoms with van der Waals surface area (Å²) in [5, 5.41) is 8.71. The standard InChI is InChI=1S/C14H13NO2/c16-14(17)10-13-8-4-7-12(15-13)9-11-5-2-1-3-6-11/h1-8H,9-10H2,(H,16,17). The van der Waals surface area contributed by atoms with Crippen LogP contribution in [-0.4, -0.2) is 16.1 Å². The first-order valence-electron chi connectivity index (χ1n) is 5.44. The van der Waals surface area contributed by atoms with E-state index < -0.39 is 5.97 Å². The molecule has 0 aliphatic carbocycles. The van der Waals surface area contributed by atoms with Gasteiger partial charge in [0.15, 0.2) is 0 Å². The van der Waals surface area contributed by atoms with Crippen LogP contribution in [0, 0.1) is 0 Å². The second-order valence-corrected chi connectivity index (χ2v) is 3.85. The number of benzene rings is 1. The van der Waals surface area contributed by atoms with E-state index in [1.54, 1.807) is 6.07 Å². The maximum absolute atomic E-state index is 10.6. The molecule has 0 atom stereocenters. The van der Waals surface area contributed by atoms with Crippen molar-refractivity contribution in [3.63, 3.8) is 0 Å². The van der Waals surface area contributed by atoms with E-state index in [9.17, 15) is 4.79 Å². The van der Waals surface area contributed by atoms with Crippen molar-refractivity contribution in [3.8, 4) is 0 Å². The molecule has 0 bridgehead atoms. The molecule has 17 heavy (non-hydrogen) atoms. The van der Waals surface area contributed by atoms with E-state index in [0.29, 0.717) is 5.69 Å². The van der Waals surface area contributed by atoms with E-state index in [1.807, 2.05) is 42.5 Å². The minimum atomic E-state index is -0.852. The summed E-state index contributed by atoms with van der Waals surface area (Å²) in [4.78, 5) is 14.9. The van der Waals surface area contributed by atoms with E-state index in [4.69, 9.17) is 5.11 Å². The van der Waals surface area contributed by atoms with Gasteiger partial charge in [-0.15, -0.1) is 0 Å². The topological polar surface area (TPSA) is 50.2 Å². The summed E-state index contributed by atoms with van der Waals surface area (Å²) in [6, 6.07) is 15.5. The highest BCUT2D eigenvalue weighted by Gasteiger charge is 2.03. The highest BCUT2D eigenvalue weighted by Crippen LogP contribution is 2.08. The number of aliphatic carboxylic acids is 1. The Kier molecular flexibility index (Phi) is 3.50. The predicted molar refractivity (Wildman–Crippen MR) is 64.8 cm³/mol. The van der Waals surface area contributed by atoms with Crippen LogP contribution >= 0.6 is 0 Å². The van der Waals surface area contributed by atoms with Crippen molar-refractivity contribution in [3.05, 3.63) is 65.5 Å². The van der Waals surface area contributed by atoms with Crippen LogP contribution in [-0.2, 0) is 17.6 Å². The summed E-state index contributed by atoms with van der Waals surface area (Å²) >= 11 is 0. The minimum absolute atomic E-state index is 0.0252. The smallest absolute Gasteiger partial charge is 0.309 e. The molecule has 1 aromatic carbocycles. The lowest BCUT2D eigenvalue weighted by molar-refractivity contribution is -0.136. The normalized spacial score (nSPS) is 10.1. The maximum Gasteiger partial charge on any atom is 0.309 e. The Bertz CT molecular complexity index is 509. The van der Waals surface area contributed by atoms with Gasteiger partial charge < -0.3 is 5.11 Å². The molecule has 1 aromatic heterocycles. The van der Waals surface area contributed by atoms with Gasteiger partial charge in [-0.3, -0.25) is 9.78 Å². The average Bonchev–Trinajstić information content (AvgIpc) is 2.30. The molecule has 0 fully saturated rings. The number of hydrogen-bond donors (Lipinski definition) is 1. The summed E-state index contributed by atoms with van der Waals surface area (Å²) in [5.41, 5.74) is 2.67. The second kappa shape index (κ2) is 5.25. The van der Waals surface area contributed by atoms with E-state index in [0.717, 1.165) is 12.1 Å². The molecule has 1 N–H and O–H groups in total. The zero-order valence-electron chi connectivity index (χ0n) is 9.34. The summed E-state index contributed by atoms with van der Waals surface area (Å²) in [5.74, 6) is -0.852. The van der Waals surface area contributed by atoms with Gasteiger partial charge in [0.2, 0.25) is 0 Å². The van der Waals surface area contributed by atoms with Crippen LogP contribution in [0.5, 0.6) is 0 Å². The van der Waals surface area contributed by atoms with E-state index in [-0.39, 0.29) is 6.42 Å². The van der Waals surface area contributed by atoms with Crippen molar-refractivity contribution in [1.29, 1.82) is 0 Å². The fourth-order valence-electron chi connectivity index (χ4n) is 1.69. The zero-order chi connectivity index (χ0) is 12.1. The molecule has 1 heterocycles. The van der Waals surface area contributed by atoms with Crippen molar-refractivity contribution in [2.75, 3.05) is 0 Å². The third kappa shape index (κ3) is 3.41. The van der Waals surface area contributed by atoms with Crippen LogP contribution in [0.2, 0.25) is 0 Å². The molecule has 86 valence electrons. The Morgan fingerprint density at radius 1 is 1.00 bits per heavy atom. The number of hydrogen-bond acceptors (Lipinski definition) is 2. The lowest BCUT2D eigenvalue weighted by Gasteiger charge is -2.03. The average molecular weight is 227 g/mol. The molecule has 0 saturated heterocycles. The van der Waals surface area contributed by atoms with Gasteiger partial charge in [-0.25, -0.2) is 0 Å². The Hall–Kier alpha value is -2.16. The van der Waals surface area contributed by atoms with E-state index in [1.165, 1.54) is 5.56 Å². The second-order valence-electron chi connectivity index (χ2n) is 3.85. The Morgan fingerprint density at radius 3 is 2.41 bits per heavy atom. The van der Waals surface area contributed by atoms with Gasteiger partial charge in [0, 0.05) is 12.1 Å². The van der Waals surface area contributed by atoms with Gasteiger partial charge in [0.05, 0.1) is 12.1 Å². The molecule has 0 spiro atoms. The quantitative estimate of drug-likeness (QED) is 0.871. The largest absolute Gasteiger partial charge is 0.481 e. The molecule has 0 aliphatic heterocycles. The summed E-state index contributed by atoms with van der Waals surface area (Å²) < 4.78 is 0. The lowest BCUT2D eigenvalue weighted by Crippen LogP contribution is -2.04. The van der Waals surface area contributed by atoms with Crippen LogP contribution in [0.3, 0.4) is 0 Å². The van der Waals surface area contributed by atoms with Gasteiger partial charge in [-0.1, -0.05) is 36.4 Å². The molecule has 2 aromatic rings. The minimum Gasteiger partial charge on any atom is -0.481 e. The summed E-state index contributed by atoms with van der Waals surface area (Å²) in [6.07, 6.45) is 0.705. The first kappa shape index (κ1) is 11.3. The molecule has 3 nitrogen and oxygen atoms in total. The fraction of sp³-hybridized carbons (Fsp3) is 0.143. The van der Waals surface area contributed by atoms with E-state index in [2.05, 4.69) is 4.98 Å². The molecule has 0 aliphatic rings. The van der Waals surface area contributed by atoms with Crippen LogP contribution in [0.1, 0.15) is 17.0 Å². The molecule has 0 radical (unpaired) electrons. The Labute approximate surface area is 99.8 Å². The number of carboxylic acids is 1. The molecular formula is C14H13NO2. The SMILES string of the molecule is O=C(O)Cc1cccc(Cc2ccccc2)n1. The van der Waals surface area contributed by atoms with Gasteiger partial charge in [0.1, 0.15) is 0 Å². The molecular weight excluding hydrogens is 214 g/mol. The third-order valence-corrected chi connectivity index (χ3v) is 2.42. The van der Waals surface area contributed by atoms with Crippen molar-refractivity contribution in [2.45, 2.75) is 12.8 Å². The van der Waals surface area contributed by atoms with Crippen molar-refractivity contribution in [2.24, 2.45) is 0 Å². The monoisotopic (exact) mass is 227 g/mol. The number of pyridine rings is 1. The van der Waals surface area contributed by atoms with Gasteiger partial charge >= 0.3 is 5.97 Å². The third-order valence-electron chi connectivity index (χ3n) is 2.42. The van der Waals surface area contributed by atoms with Crippen LogP contribution in [0.4, 0.5) is 0 Å². The number of carboxylic acid groups (broad SMARTS) is 1. The molecule has 0 amide bonds. The van der Waals surface area contributed by atoms with Crippen LogP contribution in [0.15, 0.2) is 48.5 Å². The highest BCUT2D eigenvalue weighted by molar-refractivity contribution is 5.69. The lowest BCUT2D eigenvalue weighted by atomic mass is 10.1. The van der Waals surface area contributed by atoms with Gasteiger partial charge in [0.25, 0.3) is 0 Å². The first-order valence-corrected chi connectivity index (χ1v) is 5.44. The number of carbonyl (C=O) groups is 1. The Morgan fingerprint density at radius 2 is 1.71 bits per heavy atom. The van der Waals surface area contributed by atoms with Gasteiger partial charge in [-0.2, -0.15) is 0 Å². The maximum atomic E-state index is 10.6. The number of nitrogens with zero attached hydrogens (tertiary/aromatic N) is 1. The number of aromatic nitrogens is 1. The van der Waals surface area contributed by atoms with Crippen LogP contribution in [0.25, 0.3) is 0 Å². The van der Waals surface area contributed by atoms with Gasteiger partial charge in [-0.05, 0) is 17.7 Å². The first-order chi connectivity index (χ1) is 8.24. The van der Waals surface area contributed by atoms with Crippen molar-refractivity contribution in [1.82, 2.24) is 4.98 Å². The fourth-order valence-corrected chi connectivity index (χ4v) is 1.69. The molecule has 3 heteroatoms. The van der Waals surface area contributed by atoms with Crippen molar-refractivity contribution < 1.29 is 9.90 Å². The van der Waals surface area contributed by atoms with E-state index >= 15 is 0 Å². The van der Waals surface area contributed by atoms with Crippen molar-refractivity contribution >= 4 is 5.97 Å². The highest BCUT2D eigenvalue weighted by atomic mass is 16.4. The summed E-state index contributed by atoms with van der Waals surface area (Å²) in [7, 11) is 0. The zero-order valence-corrected chi connectivity index (χ0v) is 9.34.